The van der Waals surface area contributed by atoms with E-state index in [0.29, 0.717) is 82.8 Å². The molecule has 0 aromatic heterocycles. The molecular weight excluding hydrogens is 1770 g/mol. The number of nitrogens with one attached hydrogen (secondary N) is 15. The number of amides is 14. The third kappa shape index (κ3) is 33.7. The zero-order valence-corrected chi connectivity index (χ0v) is 79.3. The summed E-state index contributed by atoms with van der Waals surface area (Å²) in [5.41, 5.74) is 26.3. The molecule has 0 spiro atoms. The average molecular weight is 1910 g/mol. The van der Waals surface area contributed by atoms with E-state index >= 15 is 43.2 Å². The third-order valence-corrected chi connectivity index (χ3v) is 24.9. The Morgan fingerprint density at radius 2 is 0.752 bits per heavy atom. The van der Waals surface area contributed by atoms with E-state index in [-0.39, 0.29) is 159 Å². The summed E-state index contributed by atoms with van der Waals surface area (Å²) in [5, 5.41) is 52.6. The minimum Gasteiger partial charge on any atom is -0.495 e. The summed E-state index contributed by atoms with van der Waals surface area (Å²) in [5.74, 6) is -10.6. The van der Waals surface area contributed by atoms with Crippen LogP contribution in [0.2, 0.25) is 5.02 Å². The maximum atomic E-state index is 15.7. The topological polar surface area (TPSA) is 566 Å². The number of halogens is 1. The molecular formula is C99H135ClN22O15. The summed E-state index contributed by atoms with van der Waals surface area (Å²) in [6.07, 6.45) is 2.92. The van der Waals surface area contributed by atoms with Gasteiger partial charge in [0.2, 0.25) is 82.7 Å². The van der Waals surface area contributed by atoms with Gasteiger partial charge in [-0.2, -0.15) is 0 Å². The fourth-order valence-electron chi connectivity index (χ4n) is 17.2. The lowest BCUT2D eigenvalue weighted by Gasteiger charge is -2.32. The quantitative estimate of drug-likeness (QED) is 0.0148. The lowest BCUT2D eigenvalue weighted by molar-refractivity contribution is -0.143. The van der Waals surface area contributed by atoms with Crippen LogP contribution in [0.15, 0.2) is 170 Å². The fraction of sp³-hybridized carbons (Fsp3) is 0.475. The molecule has 6 aromatic rings. The Balaban J connectivity index is 0.922. The van der Waals surface area contributed by atoms with E-state index in [0.717, 1.165) is 0 Å². The van der Waals surface area contributed by atoms with Crippen LogP contribution >= 0.6 is 11.6 Å². The zero-order valence-electron chi connectivity index (χ0n) is 78.6. The van der Waals surface area contributed by atoms with E-state index in [9.17, 15) is 24.0 Å². The highest BCUT2D eigenvalue weighted by Crippen LogP contribution is 2.30. The van der Waals surface area contributed by atoms with Gasteiger partial charge in [0.05, 0.1) is 19.3 Å². The Bertz CT molecular complexity index is 5050. The van der Waals surface area contributed by atoms with Crippen LogP contribution in [-0.4, -0.2) is 241 Å². The Kier molecular flexibility index (Phi) is 42.7. The van der Waals surface area contributed by atoms with Gasteiger partial charge in [0.15, 0.2) is 11.9 Å². The van der Waals surface area contributed by atoms with Crippen molar-refractivity contribution in [2.75, 3.05) is 58.2 Å². The fourth-order valence-corrected chi connectivity index (χ4v) is 17.4. The van der Waals surface area contributed by atoms with Gasteiger partial charge in [0.1, 0.15) is 84.3 Å². The molecule has 738 valence electrons. The summed E-state index contributed by atoms with van der Waals surface area (Å²) in [6.45, 7) is 7.97. The number of primary amides is 1. The van der Waals surface area contributed by atoms with Crippen molar-refractivity contribution in [2.45, 2.75) is 235 Å². The van der Waals surface area contributed by atoms with Crippen LogP contribution in [0.3, 0.4) is 0 Å². The standard InChI is InChI=1S/C99H135ClN22O15/c1-6-62(4)84(119-83(123)60-109-72-59-68(100)45-46-82(72)137-5)94(133)118-76(53-61(2)3)95(134)120-50-26-42-79(120)91(130)113-73(54-63-29-12-7-13-30-63)88(127)111-70(39-22-23-47-101)87(126)116-77(57-66-35-18-10-19-36-66)96(135)121-51-27-44-81(121)93(132)115-75(56-65-33-16-9-17-34-65)90(129)117-78(58-67-37-20-11-21-38-67)97(136)122-52-28-43-80(122)92(131)114-74(55-64-31-14-8-15-32-64)89(128)112-71(41-25-49-108-99(105)106)86(125)110-69(85(102)124)40-24-48-107-98(103)104/h7-21,29-38,45-46,59,61-62,69-71,73-81,84,109H,6,22-28,39-44,47-58,60,101H2,1-5H3,(H2,102,124)(H,110,125)(H,111,127)(H,112,128)(H,113,130)(H,114,131)(H,115,132)(H,116,126)(H,117,129)(H,118,133)(H,119,123)(H4,103,104,107)(H4,105,106,108)/t62-,69-,70-,71-,73-,74-,75-,76-,77-,78-,79-,80-,81-,84-/m0/s1. The van der Waals surface area contributed by atoms with Gasteiger partial charge in [-0.05, 0) is 154 Å². The number of carbonyl (C=O) groups is 14. The maximum Gasteiger partial charge on any atom is 0.246 e. The van der Waals surface area contributed by atoms with Gasteiger partial charge in [-0.3, -0.25) is 77.9 Å². The van der Waals surface area contributed by atoms with Crippen molar-refractivity contribution in [3.05, 3.63) is 203 Å². The van der Waals surface area contributed by atoms with Crippen molar-refractivity contribution in [1.82, 2.24) is 78.5 Å². The highest BCUT2D eigenvalue weighted by atomic mass is 35.5. The Hall–Kier alpha value is -13.7. The molecule has 0 saturated carbocycles. The second kappa shape index (κ2) is 54.7. The molecule has 137 heavy (non-hydrogen) atoms. The number of benzene rings is 6. The van der Waals surface area contributed by atoms with E-state index < -0.39 is 161 Å². The first kappa shape index (κ1) is 107. The number of hydrogen-bond acceptors (Lipinski definition) is 19. The first-order valence-corrected chi connectivity index (χ1v) is 47.6. The molecule has 38 heteroatoms. The van der Waals surface area contributed by atoms with Crippen LogP contribution in [0.25, 0.3) is 0 Å². The number of hydrogen-bond donors (Lipinski definition) is 19. The smallest absolute Gasteiger partial charge is 0.246 e. The van der Waals surface area contributed by atoms with E-state index in [4.69, 9.17) is 50.1 Å². The van der Waals surface area contributed by atoms with E-state index in [1.165, 1.54) is 21.8 Å². The third-order valence-electron chi connectivity index (χ3n) is 24.6. The molecule has 3 heterocycles. The second-order valence-electron chi connectivity index (χ2n) is 35.5. The minimum atomic E-state index is -1.41. The number of nitrogens with two attached hydrogens (primary N) is 4. The summed E-state index contributed by atoms with van der Waals surface area (Å²) < 4.78 is 5.43. The molecule has 6 aromatic carbocycles. The number of nitrogens with zero attached hydrogens (tertiary/aromatic N) is 3. The summed E-state index contributed by atoms with van der Waals surface area (Å²) in [4.78, 5) is 212. The lowest BCUT2D eigenvalue weighted by Crippen LogP contribution is -2.61. The Morgan fingerprint density at radius 3 is 1.10 bits per heavy atom. The number of unbranched alkanes of at least 4 members (excludes halogenated alkanes) is 1. The van der Waals surface area contributed by atoms with Crippen molar-refractivity contribution in [2.24, 2.45) is 34.8 Å². The van der Waals surface area contributed by atoms with Crippen molar-refractivity contribution >= 4 is 112 Å². The highest BCUT2D eigenvalue weighted by molar-refractivity contribution is 6.31. The number of methoxy groups -OCH3 is 1. The SMILES string of the molecule is CC[C@H](C)[C@H](NC(=O)CNc1cc(Cl)ccc1OC)C(=O)N[C@@H](CC(C)C)C(=O)N1CCC[C@H]1C(=O)N[C@@H](Cc1ccccc1)C(=O)N[C@@H](CCCCN)C(=O)N[C@@H](Cc1ccccc1)C(=O)N1CCC[C@H]1C(=O)N[C@@H](Cc1ccccc1)C(=O)N[C@@H](Cc1ccccc1)C(=O)N1CCC[C@H]1C(=O)N[C@@H](Cc1ccccc1)C(=O)N[C@@H](CCCNC(=N)N)C(=O)N[C@@H](CCCNC(=N)N)C(N)=O. The predicted octanol–water partition coefficient (Wildman–Crippen LogP) is 3.03. The number of ether oxygens (including phenoxy) is 1. The van der Waals surface area contributed by atoms with Gasteiger partial charge < -0.3 is 111 Å². The van der Waals surface area contributed by atoms with Crippen LogP contribution in [0.4, 0.5) is 5.69 Å². The van der Waals surface area contributed by atoms with Gasteiger partial charge >= 0.3 is 0 Å². The highest BCUT2D eigenvalue weighted by Gasteiger charge is 2.45. The predicted molar refractivity (Wildman–Crippen MR) is 520 cm³/mol. The van der Waals surface area contributed by atoms with Crippen molar-refractivity contribution in [3.8, 4) is 5.75 Å². The molecule has 3 fully saturated rings. The van der Waals surface area contributed by atoms with Crippen LogP contribution < -0.4 is 96.8 Å². The van der Waals surface area contributed by atoms with Crippen LogP contribution in [0.5, 0.6) is 5.75 Å². The second-order valence-corrected chi connectivity index (χ2v) is 35.9. The largest absolute Gasteiger partial charge is 0.495 e. The molecule has 0 unspecified atom stereocenters. The molecule has 3 aliphatic rings. The van der Waals surface area contributed by atoms with Crippen LogP contribution in [0, 0.1) is 22.7 Å². The van der Waals surface area contributed by atoms with Gasteiger partial charge in [0.25, 0.3) is 0 Å². The molecule has 3 aliphatic heterocycles. The first-order chi connectivity index (χ1) is 65.8. The Labute approximate surface area is 805 Å². The minimum absolute atomic E-state index is 0.0178. The maximum absolute atomic E-state index is 15.7. The first-order valence-electron chi connectivity index (χ1n) is 47.2. The van der Waals surface area contributed by atoms with Crippen molar-refractivity contribution in [3.63, 3.8) is 0 Å². The number of anilines is 1. The normalized spacial score (nSPS) is 16.9. The summed E-state index contributed by atoms with van der Waals surface area (Å²) in [7, 11) is 1.48. The van der Waals surface area contributed by atoms with Gasteiger partial charge in [-0.25, -0.2) is 0 Å². The molecule has 9 rings (SSSR count). The average Bonchev–Trinajstić information content (AvgIpc) is 1.61. The number of carbonyl (C=O) groups excluding carboxylic acids is 14. The molecule has 14 atom stereocenters. The molecule has 0 radical (unpaired) electrons. The van der Waals surface area contributed by atoms with Gasteiger partial charge in [0, 0.05) is 69.9 Å². The molecule has 23 N–H and O–H groups in total. The van der Waals surface area contributed by atoms with Gasteiger partial charge in [-0.1, -0.05) is 197 Å². The number of guanidine groups is 2. The monoisotopic (exact) mass is 1910 g/mol. The molecule has 3 saturated heterocycles. The van der Waals surface area contributed by atoms with Gasteiger partial charge in [-0.15, -0.1) is 0 Å². The lowest BCUT2D eigenvalue weighted by atomic mass is 9.96. The van der Waals surface area contributed by atoms with Crippen LogP contribution in [0.1, 0.15) is 152 Å². The van der Waals surface area contributed by atoms with Crippen LogP contribution in [-0.2, 0) is 99.2 Å². The van der Waals surface area contributed by atoms with Crippen molar-refractivity contribution < 1.29 is 71.9 Å². The van der Waals surface area contributed by atoms with E-state index in [1.807, 2.05) is 27.7 Å². The van der Waals surface area contributed by atoms with E-state index in [1.54, 1.807) is 170 Å². The molecule has 14 amide bonds. The van der Waals surface area contributed by atoms with Crippen molar-refractivity contribution in [1.29, 1.82) is 10.8 Å². The van der Waals surface area contributed by atoms with E-state index in [2.05, 4.69) is 69.1 Å². The molecule has 37 nitrogen and oxygen atoms in total. The Morgan fingerprint density at radius 1 is 0.416 bits per heavy atom. The number of rotatable bonds is 53. The molecule has 0 bridgehead atoms. The summed E-state index contributed by atoms with van der Waals surface area (Å²) in [6, 6.07) is 32.5. The number of likely N-dealkylation sites (tertiary alicyclic amines) is 3. The summed E-state index contributed by atoms with van der Waals surface area (Å²) >= 11 is 6.25. The zero-order chi connectivity index (χ0) is 99.0. The molecule has 0 aliphatic carbocycles.